The molecule has 5 nitrogen and oxygen atoms in total. The third-order valence-electron chi connectivity index (χ3n) is 2.54. The summed E-state index contributed by atoms with van der Waals surface area (Å²) in [6, 6.07) is 0.375. The molecule has 0 amide bonds. The van der Waals surface area contributed by atoms with Crippen LogP contribution in [0.1, 0.15) is 12.8 Å². The maximum Gasteiger partial charge on any atom is 0.237 e. The molecule has 0 aromatic carbocycles. The molecule has 2 rings (SSSR count). The molecule has 1 unspecified atom stereocenters. The van der Waals surface area contributed by atoms with Crippen molar-refractivity contribution in [2.75, 3.05) is 25.5 Å². The number of nitrogens with one attached hydrogen (secondary N) is 2. The van der Waals surface area contributed by atoms with E-state index in [9.17, 15) is 0 Å². The topological polar surface area (TPSA) is 59.1 Å². The fourth-order valence-corrected chi connectivity index (χ4v) is 1.89. The molecule has 0 saturated carbocycles. The third kappa shape index (κ3) is 3.87. The van der Waals surface area contributed by atoms with E-state index in [-0.39, 0.29) is 12.4 Å². The van der Waals surface area contributed by atoms with E-state index in [0.29, 0.717) is 22.9 Å². The van der Waals surface area contributed by atoms with Gasteiger partial charge in [0.05, 0.1) is 13.3 Å². The van der Waals surface area contributed by atoms with E-state index < -0.39 is 0 Å². The Balaban J connectivity index is 0.00000144. The average molecular weight is 279 g/mol. The van der Waals surface area contributed by atoms with Crippen molar-refractivity contribution in [2.45, 2.75) is 18.9 Å². The van der Waals surface area contributed by atoms with Gasteiger partial charge < -0.3 is 15.4 Å². The molecule has 1 atom stereocenters. The lowest BCUT2D eigenvalue weighted by atomic mass is 10.1. The van der Waals surface area contributed by atoms with Gasteiger partial charge in [-0.1, -0.05) is 11.6 Å². The molecule has 0 radical (unpaired) electrons. The largest absolute Gasteiger partial charge is 0.480 e. The summed E-state index contributed by atoms with van der Waals surface area (Å²) >= 11 is 5.85. The lowest BCUT2D eigenvalue weighted by Gasteiger charge is -2.23. The summed E-state index contributed by atoms with van der Waals surface area (Å²) in [6.45, 7) is 2.03. The van der Waals surface area contributed by atoms with Crippen molar-refractivity contribution < 1.29 is 4.74 Å². The molecule has 0 spiro atoms. The molecule has 1 fully saturated rings. The van der Waals surface area contributed by atoms with Crippen LogP contribution in [-0.2, 0) is 0 Å². The lowest BCUT2D eigenvalue weighted by molar-refractivity contribution is 0.397. The highest BCUT2D eigenvalue weighted by Crippen LogP contribution is 2.21. The summed E-state index contributed by atoms with van der Waals surface area (Å²) in [7, 11) is 1.54. The summed E-state index contributed by atoms with van der Waals surface area (Å²) in [5.74, 6) is 0.970. The fraction of sp³-hybridized carbons (Fsp3) is 0.600. The second-order valence-electron chi connectivity index (χ2n) is 3.74. The Morgan fingerprint density at radius 3 is 3.06 bits per heavy atom. The second kappa shape index (κ2) is 6.83. The van der Waals surface area contributed by atoms with Crippen LogP contribution in [0.5, 0.6) is 5.88 Å². The summed E-state index contributed by atoms with van der Waals surface area (Å²) in [5, 5.41) is 7.00. The average Bonchev–Trinajstić information content (AvgIpc) is 2.33. The number of piperidine rings is 1. The first-order valence-corrected chi connectivity index (χ1v) is 5.71. The number of hydrogen-bond donors (Lipinski definition) is 2. The molecule has 7 heteroatoms. The van der Waals surface area contributed by atoms with Gasteiger partial charge in [0.25, 0.3) is 0 Å². The number of methoxy groups -OCH3 is 1. The van der Waals surface area contributed by atoms with Gasteiger partial charge >= 0.3 is 0 Å². The van der Waals surface area contributed by atoms with Crippen LogP contribution in [0.4, 0.5) is 5.95 Å². The van der Waals surface area contributed by atoms with Crippen LogP contribution in [0.2, 0.25) is 5.02 Å². The molecule has 1 aliphatic rings. The van der Waals surface area contributed by atoms with Gasteiger partial charge in [0.15, 0.2) is 0 Å². The molecule has 17 heavy (non-hydrogen) atoms. The fourth-order valence-electron chi connectivity index (χ4n) is 1.72. The highest BCUT2D eigenvalue weighted by molar-refractivity contribution is 6.31. The monoisotopic (exact) mass is 278 g/mol. The Kier molecular flexibility index (Phi) is 5.74. The number of rotatable bonds is 3. The molecule has 0 aliphatic carbocycles. The van der Waals surface area contributed by atoms with E-state index in [1.807, 2.05) is 0 Å². The number of halogens is 2. The molecule has 1 saturated heterocycles. The second-order valence-corrected chi connectivity index (χ2v) is 4.15. The highest BCUT2D eigenvalue weighted by atomic mass is 35.5. The zero-order chi connectivity index (χ0) is 11.4. The van der Waals surface area contributed by atoms with E-state index in [4.69, 9.17) is 16.3 Å². The van der Waals surface area contributed by atoms with Crippen LogP contribution in [0.25, 0.3) is 0 Å². The Morgan fingerprint density at radius 1 is 1.59 bits per heavy atom. The molecule has 96 valence electrons. The van der Waals surface area contributed by atoms with Crippen molar-refractivity contribution in [1.29, 1.82) is 0 Å². The highest BCUT2D eigenvalue weighted by Gasteiger charge is 2.14. The number of aromatic nitrogens is 2. The maximum atomic E-state index is 5.85. The molecule has 1 aliphatic heterocycles. The normalized spacial score (nSPS) is 19.3. The van der Waals surface area contributed by atoms with E-state index in [2.05, 4.69) is 20.6 Å². The van der Waals surface area contributed by atoms with Gasteiger partial charge in [-0.15, -0.1) is 12.4 Å². The van der Waals surface area contributed by atoms with Gasteiger partial charge in [-0.3, -0.25) is 0 Å². The SMILES string of the molecule is COc1nc(NC2CCCNC2)ncc1Cl.Cl. The lowest BCUT2D eigenvalue weighted by Crippen LogP contribution is -2.38. The Morgan fingerprint density at radius 2 is 2.41 bits per heavy atom. The van der Waals surface area contributed by atoms with Crippen LogP contribution in [0.15, 0.2) is 6.20 Å². The zero-order valence-electron chi connectivity index (χ0n) is 9.57. The number of nitrogens with zero attached hydrogens (tertiary/aromatic N) is 2. The summed E-state index contributed by atoms with van der Waals surface area (Å²) in [4.78, 5) is 8.30. The minimum Gasteiger partial charge on any atom is -0.480 e. The first kappa shape index (κ1) is 14.3. The number of ether oxygens (including phenoxy) is 1. The first-order valence-electron chi connectivity index (χ1n) is 5.33. The molecule has 1 aromatic rings. The van der Waals surface area contributed by atoms with Crippen molar-refractivity contribution in [1.82, 2.24) is 15.3 Å². The Bertz CT molecular complexity index is 358. The number of anilines is 1. The van der Waals surface area contributed by atoms with Gasteiger partial charge in [0, 0.05) is 12.6 Å². The van der Waals surface area contributed by atoms with E-state index >= 15 is 0 Å². The van der Waals surface area contributed by atoms with Gasteiger partial charge in [0.2, 0.25) is 11.8 Å². The van der Waals surface area contributed by atoms with Gasteiger partial charge in [0.1, 0.15) is 5.02 Å². The summed E-state index contributed by atoms with van der Waals surface area (Å²) in [5.41, 5.74) is 0. The predicted octanol–water partition coefficient (Wildman–Crippen LogP) is 1.72. The minimum absolute atomic E-state index is 0. The molecule has 2 N–H and O–H groups in total. The van der Waals surface area contributed by atoms with Crippen LogP contribution >= 0.6 is 24.0 Å². The van der Waals surface area contributed by atoms with Gasteiger partial charge in [-0.25, -0.2) is 4.98 Å². The van der Waals surface area contributed by atoms with E-state index in [0.717, 1.165) is 19.5 Å². The maximum absolute atomic E-state index is 5.85. The summed E-state index contributed by atoms with van der Waals surface area (Å²) < 4.78 is 5.04. The molecule has 2 heterocycles. The molecule has 1 aromatic heterocycles. The van der Waals surface area contributed by atoms with Crippen molar-refractivity contribution in [2.24, 2.45) is 0 Å². The van der Waals surface area contributed by atoms with Crippen molar-refractivity contribution >= 4 is 30.0 Å². The van der Waals surface area contributed by atoms with Gasteiger partial charge in [-0.2, -0.15) is 4.98 Å². The minimum atomic E-state index is 0. The van der Waals surface area contributed by atoms with Crippen LogP contribution in [-0.4, -0.2) is 36.2 Å². The zero-order valence-corrected chi connectivity index (χ0v) is 11.1. The molecular formula is C10H16Cl2N4O. The molecular weight excluding hydrogens is 263 g/mol. The van der Waals surface area contributed by atoms with E-state index in [1.54, 1.807) is 13.3 Å². The summed E-state index contributed by atoms with van der Waals surface area (Å²) in [6.07, 6.45) is 3.84. The standard InChI is InChI=1S/C10H15ClN4O.ClH/c1-16-9-8(11)6-13-10(15-9)14-7-3-2-4-12-5-7;/h6-7,12H,2-5H2,1H3,(H,13,14,15);1H. The van der Waals surface area contributed by atoms with Gasteiger partial charge in [-0.05, 0) is 19.4 Å². The van der Waals surface area contributed by atoms with Crippen LogP contribution < -0.4 is 15.4 Å². The predicted molar refractivity (Wildman–Crippen MR) is 70.4 cm³/mol. The smallest absolute Gasteiger partial charge is 0.237 e. The van der Waals surface area contributed by atoms with Crippen LogP contribution in [0.3, 0.4) is 0 Å². The quantitative estimate of drug-likeness (QED) is 0.882. The third-order valence-corrected chi connectivity index (χ3v) is 2.79. The molecule has 0 bridgehead atoms. The van der Waals surface area contributed by atoms with Crippen LogP contribution in [0, 0.1) is 0 Å². The van der Waals surface area contributed by atoms with Crippen molar-refractivity contribution in [3.63, 3.8) is 0 Å². The Labute approximate surface area is 112 Å². The van der Waals surface area contributed by atoms with E-state index in [1.165, 1.54) is 6.42 Å². The van der Waals surface area contributed by atoms with Crippen molar-refractivity contribution in [3.05, 3.63) is 11.2 Å². The Hall–Kier alpha value is -0.780. The first-order chi connectivity index (χ1) is 7.79. The van der Waals surface area contributed by atoms with Crippen molar-refractivity contribution in [3.8, 4) is 5.88 Å². The number of hydrogen-bond acceptors (Lipinski definition) is 5.